The number of hydrogen-bond donors (Lipinski definition) is 2. The minimum absolute atomic E-state index is 0.0662. The number of nitrogens with zero attached hydrogens (tertiary/aromatic N) is 1. The summed E-state index contributed by atoms with van der Waals surface area (Å²) in [6.45, 7) is 0. The van der Waals surface area contributed by atoms with Crippen LogP contribution in [0.5, 0.6) is 0 Å². The highest BCUT2D eigenvalue weighted by Crippen LogP contribution is 2.37. The topological polar surface area (TPSA) is 54.3 Å². The van der Waals surface area contributed by atoms with Crippen LogP contribution in [0.2, 0.25) is 0 Å². The summed E-state index contributed by atoms with van der Waals surface area (Å²) in [5, 5.41) is 12.9. The van der Waals surface area contributed by atoms with Crippen molar-refractivity contribution >= 4 is 21.8 Å². The zero-order valence-corrected chi connectivity index (χ0v) is 12.4. The van der Waals surface area contributed by atoms with Gasteiger partial charge in [-0.25, -0.2) is 0 Å². The Bertz CT molecular complexity index is 482. The maximum absolute atomic E-state index is 12.4. The number of halogens is 1. The molecule has 0 spiro atoms. The number of rotatable bonds is 3. The molecule has 2 saturated carbocycles. The van der Waals surface area contributed by atoms with Crippen LogP contribution in [0.4, 0.5) is 0 Å². The van der Waals surface area contributed by atoms with Gasteiger partial charge in [-0.1, -0.05) is 12.8 Å². The van der Waals surface area contributed by atoms with E-state index in [1.54, 1.807) is 0 Å². The Labute approximate surface area is 121 Å². The minimum atomic E-state index is -0.398. The lowest BCUT2D eigenvalue weighted by atomic mass is 9.92. The Balaban J connectivity index is 1.72. The summed E-state index contributed by atoms with van der Waals surface area (Å²) in [4.78, 5) is 12.4. The molecule has 2 aliphatic carbocycles. The van der Waals surface area contributed by atoms with Crippen molar-refractivity contribution in [1.29, 1.82) is 0 Å². The second kappa shape index (κ2) is 5.29. The molecular weight excluding hydrogens is 308 g/mol. The molecule has 5 heteroatoms. The van der Waals surface area contributed by atoms with E-state index in [1.165, 1.54) is 0 Å². The molecule has 0 aliphatic heterocycles. The lowest BCUT2D eigenvalue weighted by Crippen LogP contribution is -2.45. The second-order valence-electron chi connectivity index (χ2n) is 5.61. The molecule has 19 heavy (non-hydrogen) atoms. The van der Waals surface area contributed by atoms with E-state index >= 15 is 0 Å². The van der Waals surface area contributed by atoms with Gasteiger partial charge >= 0.3 is 0 Å². The molecule has 1 heterocycles. The van der Waals surface area contributed by atoms with Gasteiger partial charge in [0.15, 0.2) is 0 Å². The van der Waals surface area contributed by atoms with Crippen LogP contribution < -0.4 is 5.32 Å². The molecule has 2 N–H and O–H groups in total. The first-order valence-corrected chi connectivity index (χ1v) is 7.81. The number of aliphatic hydroxyl groups is 1. The van der Waals surface area contributed by atoms with Crippen molar-refractivity contribution in [3.8, 4) is 0 Å². The van der Waals surface area contributed by atoms with Crippen molar-refractivity contribution in [2.75, 3.05) is 0 Å². The Hall–Kier alpha value is -0.810. The fourth-order valence-electron chi connectivity index (χ4n) is 2.80. The maximum atomic E-state index is 12.4. The standard InChI is InChI=1S/C14H19BrN2O2/c15-9-7-12(17(8-9)10-5-6-10)14(19)16-11-3-1-2-4-13(11)18/h7-8,10-11,13,18H,1-6H2,(H,16,19)/t11-,13-/m0/s1. The van der Waals surface area contributed by atoms with Crippen molar-refractivity contribution < 1.29 is 9.90 Å². The molecule has 1 aromatic heterocycles. The zero-order chi connectivity index (χ0) is 13.4. The summed E-state index contributed by atoms with van der Waals surface area (Å²) in [7, 11) is 0. The third kappa shape index (κ3) is 2.87. The van der Waals surface area contributed by atoms with Crippen molar-refractivity contribution in [2.24, 2.45) is 0 Å². The highest BCUT2D eigenvalue weighted by Gasteiger charge is 2.30. The van der Waals surface area contributed by atoms with E-state index < -0.39 is 6.10 Å². The van der Waals surface area contributed by atoms with Crippen molar-refractivity contribution in [3.05, 3.63) is 22.4 Å². The average Bonchev–Trinajstić information content (AvgIpc) is 3.15. The fraction of sp³-hybridized carbons (Fsp3) is 0.643. The van der Waals surface area contributed by atoms with E-state index in [4.69, 9.17) is 0 Å². The Morgan fingerprint density at radius 1 is 1.32 bits per heavy atom. The molecule has 1 aromatic rings. The van der Waals surface area contributed by atoms with E-state index in [-0.39, 0.29) is 11.9 Å². The van der Waals surface area contributed by atoms with Crippen LogP contribution in [0.15, 0.2) is 16.7 Å². The lowest BCUT2D eigenvalue weighted by Gasteiger charge is -2.28. The van der Waals surface area contributed by atoms with E-state index in [1.807, 2.05) is 12.3 Å². The lowest BCUT2D eigenvalue weighted by molar-refractivity contribution is 0.0710. The van der Waals surface area contributed by atoms with Gasteiger partial charge in [-0.15, -0.1) is 0 Å². The number of aromatic nitrogens is 1. The Morgan fingerprint density at radius 3 is 2.74 bits per heavy atom. The average molecular weight is 327 g/mol. The van der Waals surface area contributed by atoms with Gasteiger partial charge in [-0.05, 0) is 47.7 Å². The molecule has 0 aromatic carbocycles. The highest BCUT2D eigenvalue weighted by atomic mass is 79.9. The molecule has 104 valence electrons. The quantitative estimate of drug-likeness (QED) is 0.897. The fourth-order valence-corrected chi connectivity index (χ4v) is 3.24. The van der Waals surface area contributed by atoms with Crippen LogP contribution >= 0.6 is 15.9 Å². The first kappa shape index (κ1) is 13.2. The summed E-state index contributed by atoms with van der Waals surface area (Å²) < 4.78 is 2.99. The van der Waals surface area contributed by atoms with Gasteiger partial charge in [0.05, 0.1) is 12.1 Å². The molecule has 0 saturated heterocycles. The SMILES string of the molecule is O=C(N[C@H]1CCCC[C@@H]1O)c1cc(Br)cn1C1CC1. The van der Waals surface area contributed by atoms with Gasteiger partial charge in [0.1, 0.15) is 5.69 Å². The summed E-state index contributed by atoms with van der Waals surface area (Å²) in [5.74, 6) is -0.0662. The molecule has 0 unspecified atom stereocenters. The molecule has 1 amide bonds. The van der Waals surface area contributed by atoms with Crippen LogP contribution in [-0.4, -0.2) is 27.7 Å². The van der Waals surface area contributed by atoms with Gasteiger partial charge in [0.25, 0.3) is 5.91 Å². The second-order valence-corrected chi connectivity index (χ2v) is 6.53. The third-order valence-corrected chi connectivity index (χ3v) is 4.47. The minimum Gasteiger partial charge on any atom is -0.391 e. The van der Waals surface area contributed by atoms with E-state index in [2.05, 4.69) is 25.8 Å². The van der Waals surface area contributed by atoms with E-state index in [9.17, 15) is 9.90 Å². The molecular formula is C14H19BrN2O2. The number of carbonyl (C=O) groups excluding carboxylic acids is 1. The largest absolute Gasteiger partial charge is 0.391 e. The van der Waals surface area contributed by atoms with Crippen LogP contribution in [0.3, 0.4) is 0 Å². The van der Waals surface area contributed by atoms with Gasteiger partial charge < -0.3 is 15.0 Å². The van der Waals surface area contributed by atoms with Crippen molar-refractivity contribution in [3.63, 3.8) is 0 Å². The third-order valence-electron chi connectivity index (χ3n) is 4.03. The number of hydrogen-bond acceptors (Lipinski definition) is 2. The van der Waals surface area contributed by atoms with Gasteiger partial charge in [-0.2, -0.15) is 0 Å². The van der Waals surface area contributed by atoms with Crippen molar-refractivity contribution in [1.82, 2.24) is 9.88 Å². The monoisotopic (exact) mass is 326 g/mol. The van der Waals surface area contributed by atoms with Crippen molar-refractivity contribution in [2.45, 2.75) is 56.7 Å². The summed E-state index contributed by atoms with van der Waals surface area (Å²) >= 11 is 3.43. The number of aliphatic hydroxyl groups excluding tert-OH is 1. The predicted octanol–water partition coefficient (Wildman–Crippen LogP) is 2.62. The summed E-state index contributed by atoms with van der Waals surface area (Å²) in [6, 6.07) is 2.24. The van der Waals surface area contributed by atoms with Gasteiger partial charge in [0.2, 0.25) is 0 Å². The van der Waals surface area contributed by atoms with E-state index in [0.29, 0.717) is 11.7 Å². The highest BCUT2D eigenvalue weighted by molar-refractivity contribution is 9.10. The summed E-state index contributed by atoms with van der Waals surface area (Å²) in [6.07, 6.45) is 7.67. The Kier molecular flexibility index (Phi) is 3.67. The maximum Gasteiger partial charge on any atom is 0.268 e. The van der Waals surface area contributed by atoms with Crippen LogP contribution in [-0.2, 0) is 0 Å². The molecule has 0 radical (unpaired) electrons. The molecule has 0 bridgehead atoms. The van der Waals surface area contributed by atoms with E-state index in [0.717, 1.165) is 43.0 Å². The molecule has 3 rings (SSSR count). The molecule has 4 nitrogen and oxygen atoms in total. The first-order chi connectivity index (χ1) is 9.15. The smallest absolute Gasteiger partial charge is 0.268 e. The molecule has 2 aliphatic rings. The number of carbonyl (C=O) groups is 1. The van der Waals surface area contributed by atoms with Gasteiger partial charge in [-0.3, -0.25) is 4.79 Å². The zero-order valence-electron chi connectivity index (χ0n) is 10.8. The first-order valence-electron chi connectivity index (χ1n) is 7.01. The molecule has 2 fully saturated rings. The summed E-state index contributed by atoms with van der Waals surface area (Å²) in [5.41, 5.74) is 0.701. The van der Waals surface area contributed by atoms with Gasteiger partial charge in [0, 0.05) is 16.7 Å². The predicted molar refractivity (Wildman–Crippen MR) is 76.1 cm³/mol. The van der Waals surface area contributed by atoms with Crippen LogP contribution in [0.1, 0.15) is 55.1 Å². The van der Waals surface area contributed by atoms with Crippen LogP contribution in [0.25, 0.3) is 0 Å². The normalized spacial score (nSPS) is 27.3. The Morgan fingerprint density at radius 2 is 2.05 bits per heavy atom. The number of nitrogens with one attached hydrogen (secondary N) is 1. The number of amides is 1. The van der Waals surface area contributed by atoms with Crippen LogP contribution in [0, 0.1) is 0 Å². The molecule has 2 atom stereocenters.